The summed E-state index contributed by atoms with van der Waals surface area (Å²) in [5.41, 5.74) is 3.20. The van der Waals surface area contributed by atoms with E-state index >= 15 is 0 Å². The number of halogens is 1. The van der Waals surface area contributed by atoms with Gasteiger partial charge in [-0.15, -0.1) is 11.3 Å². The number of aromatic nitrogens is 3. The SMILES string of the molecule is Fc1ccc(-c2ncc3scnc3n2)cc1. The number of rotatable bonds is 1. The molecule has 0 saturated heterocycles. The number of nitrogens with zero attached hydrogens (tertiary/aromatic N) is 3. The van der Waals surface area contributed by atoms with E-state index in [1.165, 1.54) is 23.5 Å². The Morgan fingerprint density at radius 1 is 1.06 bits per heavy atom. The molecule has 0 N–H and O–H groups in total. The van der Waals surface area contributed by atoms with Gasteiger partial charge in [0.15, 0.2) is 11.5 Å². The smallest absolute Gasteiger partial charge is 0.174 e. The van der Waals surface area contributed by atoms with Crippen molar-refractivity contribution >= 4 is 21.7 Å². The number of hydrogen-bond donors (Lipinski definition) is 0. The number of benzene rings is 1. The maximum Gasteiger partial charge on any atom is 0.174 e. The highest BCUT2D eigenvalue weighted by atomic mass is 32.1. The molecule has 3 rings (SSSR count). The Morgan fingerprint density at radius 3 is 2.69 bits per heavy atom. The standard InChI is InChI=1S/C11H6FN3S/c12-8-3-1-7(2-4-8)10-13-5-9-11(15-10)14-6-16-9/h1-6H. The maximum absolute atomic E-state index is 12.8. The van der Waals surface area contributed by atoms with Gasteiger partial charge in [0, 0.05) is 5.56 Å². The van der Waals surface area contributed by atoms with Crippen LogP contribution in [0.5, 0.6) is 0 Å². The lowest BCUT2D eigenvalue weighted by molar-refractivity contribution is 0.628. The van der Waals surface area contributed by atoms with Crippen molar-refractivity contribution in [2.75, 3.05) is 0 Å². The van der Waals surface area contributed by atoms with Crippen molar-refractivity contribution in [1.82, 2.24) is 15.0 Å². The van der Waals surface area contributed by atoms with Crippen LogP contribution in [0.15, 0.2) is 36.0 Å². The maximum atomic E-state index is 12.8. The molecule has 0 radical (unpaired) electrons. The Bertz CT molecular complexity index is 633. The van der Waals surface area contributed by atoms with Crippen molar-refractivity contribution in [3.63, 3.8) is 0 Å². The second kappa shape index (κ2) is 3.61. The highest BCUT2D eigenvalue weighted by molar-refractivity contribution is 7.16. The summed E-state index contributed by atoms with van der Waals surface area (Å²) < 4.78 is 13.7. The van der Waals surface area contributed by atoms with Crippen molar-refractivity contribution in [3.8, 4) is 11.4 Å². The topological polar surface area (TPSA) is 38.7 Å². The van der Waals surface area contributed by atoms with Crippen LogP contribution < -0.4 is 0 Å². The fourth-order valence-corrected chi connectivity index (χ4v) is 1.99. The van der Waals surface area contributed by atoms with Crippen LogP contribution in [0.1, 0.15) is 0 Å². The molecule has 0 unspecified atom stereocenters. The molecule has 0 amide bonds. The summed E-state index contributed by atoms with van der Waals surface area (Å²) in [7, 11) is 0. The zero-order chi connectivity index (χ0) is 11.0. The van der Waals surface area contributed by atoms with Crippen LogP contribution in [0.25, 0.3) is 21.7 Å². The van der Waals surface area contributed by atoms with Gasteiger partial charge in [0.25, 0.3) is 0 Å². The van der Waals surface area contributed by atoms with Crippen LogP contribution in [-0.4, -0.2) is 15.0 Å². The Labute approximate surface area is 94.6 Å². The van der Waals surface area contributed by atoms with E-state index in [9.17, 15) is 4.39 Å². The van der Waals surface area contributed by atoms with Gasteiger partial charge in [-0.05, 0) is 24.3 Å². The number of fused-ring (bicyclic) bond motifs is 1. The lowest BCUT2D eigenvalue weighted by Crippen LogP contribution is -1.88. The van der Waals surface area contributed by atoms with Gasteiger partial charge >= 0.3 is 0 Å². The van der Waals surface area contributed by atoms with Gasteiger partial charge in [-0.2, -0.15) is 0 Å². The molecule has 16 heavy (non-hydrogen) atoms. The van der Waals surface area contributed by atoms with Crippen molar-refractivity contribution in [2.24, 2.45) is 0 Å². The molecule has 0 aliphatic carbocycles. The lowest BCUT2D eigenvalue weighted by atomic mass is 10.2. The molecule has 5 heteroatoms. The average molecular weight is 231 g/mol. The summed E-state index contributed by atoms with van der Waals surface area (Å²) in [6.07, 6.45) is 1.73. The summed E-state index contributed by atoms with van der Waals surface area (Å²) in [4.78, 5) is 12.6. The van der Waals surface area contributed by atoms with E-state index in [1.807, 2.05) is 0 Å². The van der Waals surface area contributed by atoms with E-state index in [-0.39, 0.29) is 5.82 Å². The largest absolute Gasteiger partial charge is 0.235 e. The fraction of sp³-hybridized carbons (Fsp3) is 0. The summed E-state index contributed by atoms with van der Waals surface area (Å²) in [5, 5.41) is 0. The van der Waals surface area contributed by atoms with Gasteiger partial charge in [0.1, 0.15) is 5.82 Å². The second-order valence-electron chi connectivity index (χ2n) is 3.24. The minimum Gasteiger partial charge on any atom is -0.235 e. The van der Waals surface area contributed by atoms with Gasteiger partial charge in [-0.3, -0.25) is 0 Å². The first-order valence-electron chi connectivity index (χ1n) is 4.65. The first-order chi connectivity index (χ1) is 7.83. The average Bonchev–Trinajstić information content (AvgIpc) is 2.77. The molecule has 3 nitrogen and oxygen atoms in total. The van der Waals surface area contributed by atoms with Crippen LogP contribution >= 0.6 is 11.3 Å². The Hall–Kier alpha value is -1.88. The quantitative estimate of drug-likeness (QED) is 0.646. The minimum absolute atomic E-state index is 0.265. The van der Waals surface area contributed by atoms with Crippen molar-refractivity contribution in [1.29, 1.82) is 0 Å². The summed E-state index contributed by atoms with van der Waals surface area (Å²) in [6.45, 7) is 0. The van der Waals surface area contributed by atoms with Gasteiger partial charge in [0.05, 0.1) is 16.4 Å². The molecule has 78 valence electrons. The van der Waals surface area contributed by atoms with Crippen molar-refractivity contribution < 1.29 is 4.39 Å². The molecule has 0 aliphatic heterocycles. The fourth-order valence-electron chi connectivity index (χ4n) is 1.41. The summed E-state index contributed by atoms with van der Waals surface area (Å²) in [5.74, 6) is 0.303. The van der Waals surface area contributed by atoms with Gasteiger partial charge in [-0.25, -0.2) is 19.3 Å². The molecular weight excluding hydrogens is 225 g/mol. The first-order valence-corrected chi connectivity index (χ1v) is 5.53. The van der Waals surface area contributed by atoms with Crippen molar-refractivity contribution in [2.45, 2.75) is 0 Å². The van der Waals surface area contributed by atoms with E-state index in [1.54, 1.807) is 23.8 Å². The van der Waals surface area contributed by atoms with Crippen LogP contribution in [0.4, 0.5) is 4.39 Å². The van der Waals surface area contributed by atoms with Gasteiger partial charge in [0.2, 0.25) is 0 Å². The predicted octanol–water partition coefficient (Wildman–Crippen LogP) is 2.89. The minimum atomic E-state index is -0.265. The zero-order valence-electron chi connectivity index (χ0n) is 8.09. The van der Waals surface area contributed by atoms with E-state index in [4.69, 9.17) is 0 Å². The Kier molecular flexibility index (Phi) is 2.11. The molecule has 2 aromatic heterocycles. The summed E-state index contributed by atoms with van der Waals surface area (Å²) in [6, 6.07) is 6.10. The predicted molar refractivity (Wildman–Crippen MR) is 60.6 cm³/mol. The summed E-state index contributed by atoms with van der Waals surface area (Å²) >= 11 is 1.50. The van der Waals surface area contributed by atoms with Crippen LogP contribution in [0, 0.1) is 5.82 Å². The monoisotopic (exact) mass is 231 g/mol. The number of thiazole rings is 1. The highest BCUT2D eigenvalue weighted by Crippen LogP contribution is 2.19. The van der Waals surface area contributed by atoms with Gasteiger partial charge in [-0.1, -0.05) is 0 Å². The molecule has 3 aromatic rings. The third kappa shape index (κ3) is 1.55. The van der Waals surface area contributed by atoms with E-state index in [2.05, 4.69) is 15.0 Å². The van der Waals surface area contributed by atoms with Gasteiger partial charge < -0.3 is 0 Å². The Morgan fingerprint density at radius 2 is 1.88 bits per heavy atom. The van der Waals surface area contributed by atoms with Crippen molar-refractivity contribution in [3.05, 3.63) is 41.8 Å². The van der Waals surface area contributed by atoms with Crippen LogP contribution in [0.3, 0.4) is 0 Å². The van der Waals surface area contributed by atoms with Crippen LogP contribution in [0.2, 0.25) is 0 Å². The molecule has 1 aromatic carbocycles. The second-order valence-corrected chi connectivity index (χ2v) is 4.13. The first kappa shape index (κ1) is 9.35. The lowest BCUT2D eigenvalue weighted by Gasteiger charge is -1.98. The number of hydrogen-bond acceptors (Lipinski definition) is 4. The molecule has 0 bridgehead atoms. The van der Waals surface area contributed by atoms with E-state index in [0.717, 1.165) is 10.3 Å². The third-order valence-electron chi connectivity index (χ3n) is 2.19. The van der Waals surface area contributed by atoms with E-state index in [0.29, 0.717) is 11.5 Å². The van der Waals surface area contributed by atoms with E-state index < -0.39 is 0 Å². The molecule has 0 aliphatic rings. The molecule has 0 fully saturated rings. The molecule has 2 heterocycles. The zero-order valence-corrected chi connectivity index (χ0v) is 8.91. The molecule has 0 spiro atoms. The third-order valence-corrected chi connectivity index (χ3v) is 2.95. The Balaban J connectivity index is 2.14. The normalized spacial score (nSPS) is 10.8. The molecule has 0 atom stereocenters. The molecule has 0 saturated carbocycles. The highest BCUT2D eigenvalue weighted by Gasteiger charge is 2.04. The van der Waals surface area contributed by atoms with Crippen LogP contribution in [-0.2, 0) is 0 Å². The molecular formula is C11H6FN3S.